The minimum atomic E-state index is -3.60. The van der Waals surface area contributed by atoms with Crippen molar-refractivity contribution in [2.45, 2.75) is 24.0 Å². The second-order valence-corrected chi connectivity index (χ2v) is 7.22. The number of sulfonamides is 1. The van der Waals surface area contributed by atoms with Crippen LogP contribution in [0.2, 0.25) is 5.02 Å². The highest BCUT2D eigenvalue weighted by molar-refractivity contribution is 7.89. The van der Waals surface area contributed by atoms with Crippen LogP contribution in [0.4, 0.5) is 0 Å². The number of aryl methyl sites for hydroxylation is 1. The van der Waals surface area contributed by atoms with Gasteiger partial charge in [0.2, 0.25) is 0 Å². The number of ether oxygens (including phenoxy) is 1. The molecule has 0 N–H and O–H groups in total. The second-order valence-electron chi connectivity index (χ2n) is 4.58. The average molecular weight is 342 g/mol. The molecule has 0 aromatic carbocycles. The minimum absolute atomic E-state index is 0.0410. The van der Waals surface area contributed by atoms with Crippen molar-refractivity contribution in [3.05, 3.63) is 11.2 Å². The van der Waals surface area contributed by atoms with Gasteiger partial charge in [0.25, 0.3) is 10.0 Å². The molecule has 114 valence electrons. The van der Waals surface area contributed by atoms with Crippen LogP contribution in [0.25, 0.3) is 0 Å². The number of rotatable bonds is 5. The molecule has 1 aromatic rings. The summed E-state index contributed by atoms with van der Waals surface area (Å²) in [6.07, 6.45) is 2.73. The lowest BCUT2D eigenvalue weighted by Crippen LogP contribution is -2.41. The molecule has 1 fully saturated rings. The van der Waals surface area contributed by atoms with Crippen molar-refractivity contribution in [2.24, 2.45) is 7.05 Å². The summed E-state index contributed by atoms with van der Waals surface area (Å²) in [5, 5.41) is 4.06. The average Bonchev–Trinajstić information content (AvgIpc) is 2.77. The van der Waals surface area contributed by atoms with Gasteiger partial charge in [0.15, 0.2) is 5.03 Å². The van der Waals surface area contributed by atoms with Gasteiger partial charge in [0.1, 0.15) is 0 Å². The van der Waals surface area contributed by atoms with Crippen LogP contribution in [0.1, 0.15) is 12.8 Å². The fourth-order valence-electron chi connectivity index (χ4n) is 2.26. The van der Waals surface area contributed by atoms with E-state index in [1.54, 1.807) is 7.05 Å². The van der Waals surface area contributed by atoms with Crippen LogP contribution in [-0.4, -0.2) is 54.2 Å². The first-order chi connectivity index (χ1) is 9.46. The third kappa shape index (κ3) is 3.28. The Labute approximate surface area is 128 Å². The quantitative estimate of drug-likeness (QED) is 0.761. The Balaban J connectivity index is 2.06. The van der Waals surface area contributed by atoms with E-state index in [0.29, 0.717) is 38.4 Å². The molecule has 0 amide bonds. The molecule has 6 nitrogen and oxygen atoms in total. The number of piperidine rings is 1. The van der Waals surface area contributed by atoms with Crippen molar-refractivity contribution in [3.63, 3.8) is 0 Å². The largest absolute Gasteiger partial charge is 0.377 e. The van der Waals surface area contributed by atoms with Crippen molar-refractivity contribution in [3.8, 4) is 0 Å². The van der Waals surface area contributed by atoms with Gasteiger partial charge >= 0.3 is 0 Å². The lowest BCUT2D eigenvalue weighted by molar-refractivity contribution is 0.0300. The summed E-state index contributed by atoms with van der Waals surface area (Å²) in [4.78, 5) is 0. The number of halogens is 2. The van der Waals surface area contributed by atoms with Crippen LogP contribution in [0.3, 0.4) is 0 Å². The lowest BCUT2D eigenvalue weighted by Gasteiger charge is -2.31. The van der Waals surface area contributed by atoms with Crippen molar-refractivity contribution in [2.75, 3.05) is 25.6 Å². The van der Waals surface area contributed by atoms with Gasteiger partial charge in [-0.25, -0.2) is 8.42 Å². The van der Waals surface area contributed by atoms with E-state index in [9.17, 15) is 8.42 Å². The molecule has 2 heterocycles. The van der Waals surface area contributed by atoms with Gasteiger partial charge in [-0.3, -0.25) is 4.68 Å². The molecule has 1 saturated heterocycles. The molecule has 0 atom stereocenters. The highest BCUT2D eigenvalue weighted by atomic mass is 35.5. The number of nitrogens with zero attached hydrogens (tertiary/aromatic N) is 3. The van der Waals surface area contributed by atoms with Crippen LogP contribution >= 0.6 is 23.2 Å². The smallest absolute Gasteiger partial charge is 0.261 e. The summed E-state index contributed by atoms with van der Waals surface area (Å²) in [5.74, 6) is 0.448. The molecule has 2 rings (SSSR count). The van der Waals surface area contributed by atoms with Crippen LogP contribution in [-0.2, 0) is 21.8 Å². The Morgan fingerprint density at radius 3 is 2.60 bits per heavy atom. The fraction of sp³-hybridized carbons (Fsp3) is 0.727. The summed E-state index contributed by atoms with van der Waals surface area (Å²) < 4.78 is 33.3. The van der Waals surface area contributed by atoms with Gasteiger partial charge in [0, 0.05) is 26.0 Å². The standard InChI is InChI=1S/C11H17Cl2N3O3S/c1-15-11(10(13)8-14-15)20(17,18)16-5-2-9(3-6-16)19-7-4-12/h8-9H,2-7H2,1H3. The fourth-order valence-corrected chi connectivity index (χ4v) is 4.43. The van der Waals surface area contributed by atoms with Crippen LogP contribution < -0.4 is 0 Å². The van der Waals surface area contributed by atoms with E-state index >= 15 is 0 Å². The monoisotopic (exact) mass is 341 g/mol. The molecule has 0 spiro atoms. The summed E-state index contributed by atoms with van der Waals surface area (Å²) in [6, 6.07) is 0. The Morgan fingerprint density at radius 1 is 1.45 bits per heavy atom. The molecule has 1 aliphatic heterocycles. The topological polar surface area (TPSA) is 64.4 Å². The molecule has 0 aliphatic carbocycles. The first-order valence-electron chi connectivity index (χ1n) is 6.32. The molecular weight excluding hydrogens is 325 g/mol. The van der Waals surface area contributed by atoms with E-state index in [-0.39, 0.29) is 16.2 Å². The Kier molecular flexibility index (Phi) is 5.30. The molecule has 0 saturated carbocycles. The van der Waals surface area contributed by atoms with Gasteiger partial charge in [-0.15, -0.1) is 11.6 Å². The predicted molar refractivity (Wildman–Crippen MR) is 76.7 cm³/mol. The van der Waals surface area contributed by atoms with Gasteiger partial charge < -0.3 is 4.74 Å². The summed E-state index contributed by atoms with van der Waals surface area (Å²) >= 11 is 11.5. The number of hydrogen-bond acceptors (Lipinski definition) is 4. The molecule has 1 aliphatic rings. The van der Waals surface area contributed by atoms with Gasteiger partial charge in [-0.05, 0) is 12.8 Å². The van der Waals surface area contributed by atoms with Crippen molar-refractivity contribution in [1.29, 1.82) is 0 Å². The maximum Gasteiger partial charge on any atom is 0.261 e. The zero-order chi connectivity index (χ0) is 14.8. The van der Waals surface area contributed by atoms with Crippen LogP contribution in [0.5, 0.6) is 0 Å². The summed E-state index contributed by atoms with van der Waals surface area (Å²) in [5.41, 5.74) is 0. The molecule has 9 heteroatoms. The Hall–Kier alpha value is -0.340. The molecular formula is C11H17Cl2N3O3S. The summed E-state index contributed by atoms with van der Waals surface area (Å²) in [7, 11) is -2.04. The number of hydrogen-bond donors (Lipinski definition) is 0. The van der Waals surface area contributed by atoms with Crippen LogP contribution in [0, 0.1) is 0 Å². The third-order valence-electron chi connectivity index (χ3n) is 3.26. The molecule has 0 radical (unpaired) electrons. The first kappa shape index (κ1) is 16.0. The van der Waals surface area contributed by atoms with Crippen molar-refractivity contribution < 1.29 is 13.2 Å². The maximum atomic E-state index is 12.5. The highest BCUT2D eigenvalue weighted by Gasteiger charge is 2.33. The van der Waals surface area contributed by atoms with Gasteiger partial charge in [-0.2, -0.15) is 9.40 Å². The normalized spacial score (nSPS) is 18.6. The third-order valence-corrected chi connectivity index (χ3v) is 5.82. The molecule has 1 aromatic heterocycles. The number of aromatic nitrogens is 2. The van der Waals surface area contributed by atoms with E-state index in [2.05, 4.69) is 5.10 Å². The van der Waals surface area contributed by atoms with Crippen molar-refractivity contribution in [1.82, 2.24) is 14.1 Å². The van der Waals surface area contributed by atoms with Crippen LogP contribution in [0.15, 0.2) is 11.2 Å². The van der Waals surface area contributed by atoms with E-state index in [1.807, 2.05) is 0 Å². The Morgan fingerprint density at radius 2 is 2.10 bits per heavy atom. The van der Waals surface area contributed by atoms with E-state index in [1.165, 1.54) is 15.2 Å². The minimum Gasteiger partial charge on any atom is -0.377 e. The molecule has 0 bridgehead atoms. The zero-order valence-corrected chi connectivity index (χ0v) is 13.5. The maximum absolute atomic E-state index is 12.5. The predicted octanol–water partition coefficient (Wildman–Crippen LogP) is 1.48. The van der Waals surface area contributed by atoms with E-state index in [4.69, 9.17) is 27.9 Å². The van der Waals surface area contributed by atoms with Gasteiger partial charge in [-0.1, -0.05) is 11.6 Å². The Bertz CT molecular complexity index is 534. The van der Waals surface area contributed by atoms with Gasteiger partial charge in [0.05, 0.1) is 23.9 Å². The summed E-state index contributed by atoms with van der Waals surface area (Å²) in [6.45, 7) is 1.32. The zero-order valence-electron chi connectivity index (χ0n) is 11.1. The van der Waals surface area contributed by atoms with E-state index < -0.39 is 10.0 Å². The highest BCUT2D eigenvalue weighted by Crippen LogP contribution is 2.26. The second kappa shape index (κ2) is 6.62. The lowest BCUT2D eigenvalue weighted by atomic mass is 10.1. The SMILES string of the molecule is Cn1ncc(Cl)c1S(=O)(=O)N1CCC(OCCCl)CC1. The first-order valence-corrected chi connectivity index (χ1v) is 8.67. The molecule has 0 unspecified atom stereocenters. The number of alkyl halides is 1. The van der Waals surface area contributed by atoms with Crippen molar-refractivity contribution >= 4 is 33.2 Å². The molecule has 20 heavy (non-hydrogen) atoms. The van der Waals surface area contributed by atoms with E-state index in [0.717, 1.165) is 0 Å².